The van der Waals surface area contributed by atoms with Crippen molar-refractivity contribution in [3.8, 4) is 0 Å². The molecule has 3 aromatic carbocycles. The van der Waals surface area contributed by atoms with Gasteiger partial charge < -0.3 is 17.3 Å². The average molecular weight is 378 g/mol. The smallest absolute Gasteiger partial charge is 0.104 e. The van der Waals surface area contributed by atoms with Gasteiger partial charge in [0.15, 0.2) is 0 Å². The number of hydrogen-bond donors (Lipinski definition) is 1. The van der Waals surface area contributed by atoms with Crippen molar-refractivity contribution < 1.29 is 17.3 Å². The highest BCUT2D eigenvalue weighted by atomic mass is 35.5. The van der Waals surface area contributed by atoms with Gasteiger partial charge in [0.1, 0.15) is 19.6 Å². The fourth-order valence-corrected chi connectivity index (χ4v) is 3.51. The lowest BCUT2D eigenvalue weighted by Gasteiger charge is -2.22. The van der Waals surface area contributed by atoms with Gasteiger partial charge >= 0.3 is 0 Å². The summed E-state index contributed by atoms with van der Waals surface area (Å²) >= 11 is 0. The van der Waals surface area contributed by atoms with E-state index in [0.717, 1.165) is 19.6 Å². The van der Waals surface area contributed by atoms with Gasteiger partial charge in [-0.2, -0.15) is 0 Å². The first-order valence-corrected chi connectivity index (χ1v) is 9.30. The number of hydrogen-bond acceptors (Lipinski definition) is 0. The molecule has 0 amide bonds. The van der Waals surface area contributed by atoms with Gasteiger partial charge in [-0.3, -0.25) is 0 Å². The summed E-state index contributed by atoms with van der Waals surface area (Å²) in [4.78, 5) is 1.54. The van der Waals surface area contributed by atoms with E-state index in [1.54, 1.807) is 4.90 Å². The normalized spacial score (nSPS) is 10.5. The maximum absolute atomic E-state index is 3.99. The summed E-state index contributed by atoms with van der Waals surface area (Å²) < 4.78 is 0. The van der Waals surface area contributed by atoms with Crippen LogP contribution in [0, 0.1) is 13.8 Å². The van der Waals surface area contributed by atoms with Crippen LogP contribution in [-0.2, 0) is 19.6 Å². The van der Waals surface area contributed by atoms with Gasteiger partial charge in [-0.15, -0.1) is 0 Å². The Hall–Kier alpha value is -2.35. The lowest BCUT2D eigenvalue weighted by atomic mass is 10.0. The second-order valence-electron chi connectivity index (χ2n) is 7.04. The zero-order valence-corrected chi connectivity index (χ0v) is 17.0. The summed E-state index contributed by atoms with van der Waals surface area (Å²) in [6.45, 7) is 11.4. The van der Waals surface area contributed by atoms with E-state index in [4.69, 9.17) is 0 Å². The van der Waals surface area contributed by atoms with E-state index in [-0.39, 0.29) is 12.4 Å². The van der Waals surface area contributed by atoms with E-state index in [1.165, 1.54) is 33.4 Å². The number of nitrogens with one attached hydrogen (secondary N) is 1. The predicted molar refractivity (Wildman–Crippen MR) is 111 cm³/mol. The van der Waals surface area contributed by atoms with Crippen LogP contribution in [0.2, 0.25) is 0 Å². The molecule has 0 saturated carbocycles. The Morgan fingerprint density at radius 1 is 0.667 bits per heavy atom. The van der Waals surface area contributed by atoms with Crippen LogP contribution in [0.4, 0.5) is 0 Å². The molecular weight excluding hydrogens is 350 g/mol. The predicted octanol–water partition coefficient (Wildman–Crippen LogP) is 1.74. The molecule has 1 N–H and O–H groups in total. The minimum absolute atomic E-state index is 0. The Bertz CT molecular complexity index is 837. The third kappa shape index (κ3) is 5.56. The first-order valence-electron chi connectivity index (χ1n) is 9.30. The van der Waals surface area contributed by atoms with Gasteiger partial charge in [-0.05, 0) is 30.5 Å². The molecule has 0 fully saturated rings. The number of rotatable bonds is 7. The zero-order valence-electron chi connectivity index (χ0n) is 16.2. The summed E-state index contributed by atoms with van der Waals surface area (Å²) in [5, 5.41) is 0. The van der Waals surface area contributed by atoms with Gasteiger partial charge in [0.2, 0.25) is 0 Å². The SMILES string of the molecule is C=Cc1ccccc1C[NH+](Cc1ccccc1C)Cc1ccccc1C.[Cl-]. The highest BCUT2D eigenvalue weighted by Crippen LogP contribution is 2.11. The molecule has 2 heteroatoms. The van der Waals surface area contributed by atoms with E-state index >= 15 is 0 Å². The van der Waals surface area contributed by atoms with Crippen LogP contribution < -0.4 is 17.3 Å². The maximum atomic E-state index is 3.99. The van der Waals surface area contributed by atoms with Crippen LogP contribution in [0.3, 0.4) is 0 Å². The number of halogens is 1. The molecule has 0 unspecified atom stereocenters. The summed E-state index contributed by atoms with van der Waals surface area (Å²) in [5.41, 5.74) is 8.18. The van der Waals surface area contributed by atoms with Gasteiger partial charge in [0.25, 0.3) is 0 Å². The molecule has 0 aliphatic rings. The molecule has 0 radical (unpaired) electrons. The van der Waals surface area contributed by atoms with Crippen molar-refractivity contribution in [2.24, 2.45) is 0 Å². The number of aryl methyl sites for hydroxylation is 2. The molecule has 0 heterocycles. The van der Waals surface area contributed by atoms with Crippen LogP contribution in [0.1, 0.15) is 33.4 Å². The number of benzene rings is 3. The van der Waals surface area contributed by atoms with E-state index in [0.29, 0.717) is 0 Å². The minimum Gasteiger partial charge on any atom is -1.00 e. The van der Waals surface area contributed by atoms with Crippen LogP contribution in [0.25, 0.3) is 6.08 Å². The number of quaternary nitrogens is 1. The first kappa shape index (κ1) is 21.0. The summed E-state index contributed by atoms with van der Waals surface area (Å²) in [5.74, 6) is 0. The van der Waals surface area contributed by atoms with Gasteiger partial charge in [-0.1, -0.05) is 85.5 Å². The Morgan fingerprint density at radius 3 is 1.56 bits per heavy atom. The van der Waals surface area contributed by atoms with Crippen molar-refractivity contribution in [1.29, 1.82) is 0 Å². The lowest BCUT2D eigenvalue weighted by Crippen LogP contribution is -3.08. The Kier molecular flexibility index (Phi) is 7.84. The Morgan fingerprint density at radius 2 is 1.07 bits per heavy atom. The van der Waals surface area contributed by atoms with Crippen molar-refractivity contribution in [2.75, 3.05) is 0 Å². The van der Waals surface area contributed by atoms with E-state index in [2.05, 4.69) is 93.2 Å². The third-order valence-corrected chi connectivity index (χ3v) is 5.12. The standard InChI is InChI=1S/C25H27N.ClH/c1-4-22-13-9-10-16-25(22)19-26(17-23-14-7-5-11-20(23)2)18-24-15-8-6-12-21(24)3;/h4-16H,1,17-19H2,2-3H3;1H. The topological polar surface area (TPSA) is 4.44 Å². The molecule has 140 valence electrons. The minimum atomic E-state index is 0. The molecule has 0 bridgehead atoms. The molecule has 27 heavy (non-hydrogen) atoms. The van der Waals surface area contributed by atoms with Crippen LogP contribution >= 0.6 is 0 Å². The average Bonchev–Trinajstić information content (AvgIpc) is 2.66. The Balaban J connectivity index is 0.00000261. The van der Waals surface area contributed by atoms with E-state index in [1.807, 2.05) is 6.08 Å². The molecule has 0 aliphatic heterocycles. The summed E-state index contributed by atoms with van der Waals surface area (Å²) in [7, 11) is 0. The van der Waals surface area contributed by atoms with Crippen molar-refractivity contribution in [3.63, 3.8) is 0 Å². The van der Waals surface area contributed by atoms with E-state index in [9.17, 15) is 0 Å². The van der Waals surface area contributed by atoms with Gasteiger partial charge in [0.05, 0.1) is 0 Å². The van der Waals surface area contributed by atoms with Crippen LogP contribution in [0.5, 0.6) is 0 Å². The van der Waals surface area contributed by atoms with E-state index < -0.39 is 0 Å². The summed E-state index contributed by atoms with van der Waals surface area (Å²) in [6.07, 6.45) is 1.97. The van der Waals surface area contributed by atoms with Gasteiger partial charge in [-0.25, -0.2) is 0 Å². The fraction of sp³-hybridized carbons (Fsp3) is 0.200. The molecule has 1 nitrogen and oxygen atoms in total. The first-order chi connectivity index (χ1) is 12.7. The Labute approximate surface area is 169 Å². The van der Waals surface area contributed by atoms with Crippen molar-refractivity contribution >= 4 is 6.08 Å². The van der Waals surface area contributed by atoms with Crippen molar-refractivity contribution in [2.45, 2.75) is 33.5 Å². The second kappa shape index (κ2) is 10.1. The molecule has 0 aliphatic carbocycles. The fourth-order valence-electron chi connectivity index (χ4n) is 3.51. The zero-order chi connectivity index (χ0) is 18.4. The molecular formula is C25H28ClN. The van der Waals surface area contributed by atoms with Crippen molar-refractivity contribution in [3.05, 3.63) is 113 Å². The van der Waals surface area contributed by atoms with Crippen LogP contribution in [-0.4, -0.2) is 0 Å². The molecule has 3 aromatic rings. The van der Waals surface area contributed by atoms with Crippen LogP contribution in [0.15, 0.2) is 79.4 Å². The highest BCUT2D eigenvalue weighted by molar-refractivity contribution is 5.51. The lowest BCUT2D eigenvalue weighted by molar-refractivity contribution is -0.941. The molecule has 0 spiro atoms. The summed E-state index contributed by atoms with van der Waals surface area (Å²) in [6, 6.07) is 26.0. The van der Waals surface area contributed by atoms with Crippen molar-refractivity contribution in [1.82, 2.24) is 0 Å². The second-order valence-corrected chi connectivity index (χ2v) is 7.04. The quantitative estimate of drug-likeness (QED) is 0.639. The third-order valence-electron chi connectivity index (χ3n) is 5.12. The van der Waals surface area contributed by atoms with Gasteiger partial charge in [0, 0.05) is 16.7 Å². The largest absolute Gasteiger partial charge is 1.00 e. The monoisotopic (exact) mass is 377 g/mol. The molecule has 0 atom stereocenters. The molecule has 3 rings (SSSR count). The highest BCUT2D eigenvalue weighted by Gasteiger charge is 2.15. The molecule has 0 aromatic heterocycles. The maximum Gasteiger partial charge on any atom is 0.104 e. The molecule has 0 saturated heterocycles.